The Morgan fingerprint density at radius 3 is 3.00 bits per heavy atom. The van der Waals surface area contributed by atoms with E-state index in [1.54, 1.807) is 18.3 Å². The summed E-state index contributed by atoms with van der Waals surface area (Å²) in [7, 11) is 0. The fourth-order valence-corrected chi connectivity index (χ4v) is 2.82. The molecule has 0 spiro atoms. The maximum Gasteiger partial charge on any atom is 0.325 e. The number of rotatable bonds is 3. The van der Waals surface area contributed by atoms with E-state index in [1.807, 2.05) is 16.7 Å². The van der Waals surface area contributed by atoms with Crippen LogP contribution in [0, 0.1) is 0 Å². The van der Waals surface area contributed by atoms with E-state index in [-0.39, 0.29) is 5.41 Å². The Bertz CT molecular complexity index is 896. The van der Waals surface area contributed by atoms with Crippen LogP contribution in [0.1, 0.15) is 25.5 Å². The van der Waals surface area contributed by atoms with E-state index in [0.717, 1.165) is 23.2 Å². The average molecular weight is 376 g/mol. The first kappa shape index (κ1) is 14.3. The molecular formula is C15H14BrN5O2. The highest BCUT2D eigenvalue weighted by Gasteiger charge is 2.42. The summed E-state index contributed by atoms with van der Waals surface area (Å²) < 4.78 is 7.99. The van der Waals surface area contributed by atoms with Crippen LogP contribution in [0.25, 0.3) is 5.65 Å². The molecule has 0 aliphatic heterocycles. The number of hydrogen-bond acceptors (Lipinski definition) is 4. The summed E-state index contributed by atoms with van der Waals surface area (Å²) in [5.74, 6) is 1.22. The Morgan fingerprint density at radius 1 is 1.39 bits per heavy atom. The Hall–Kier alpha value is -2.35. The predicted molar refractivity (Wildman–Crippen MR) is 88.6 cm³/mol. The van der Waals surface area contributed by atoms with Crippen molar-refractivity contribution in [2.24, 2.45) is 0 Å². The van der Waals surface area contributed by atoms with Crippen molar-refractivity contribution in [3.05, 3.63) is 41.0 Å². The van der Waals surface area contributed by atoms with Crippen molar-refractivity contribution < 1.29 is 9.32 Å². The lowest BCUT2D eigenvalue weighted by Gasteiger charge is -2.07. The SMILES string of the molecule is CC1(c2cc(NC(=O)Nc3ccc(Br)n4ccnc34)no2)CC1. The number of pyridine rings is 1. The molecule has 7 nitrogen and oxygen atoms in total. The molecule has 23 heavy (non-hydrogen) atoms. The van der Waals surface area contributed by atoms with Crippen molar-refractivity contribution in [3.8, 4) is 0 Å². The highest BCUT2D eigenvalue weighted by Crippen LogP contribution is 2.48. The molecule has 8 heteroatoms. The van der Waals surface area contributed by atoms with Crippen molar-refractivity contribution in [2.75, 3.05) is 10.6 Å². The van der Waals surface area contributed by atoms with Crippen molar-refractivity contribution in [2.45, 2.75) is 25.2 Å². The molecule has 3 aromatic rings. The smallest absolute Gasteiger partial charge is 0.325 e. The summed E-state index contributed by atoms with van der Waals surface area (Å²) in [6, 6.07) is 5.01. The predicted octanol–water partition coefficient (Wildman–Crippen LogP) is 3.78. The fourth-order valence-electron chi connectivity index (χ4n) is 2.40. The summed E-state index contributed by atoms with van der Waals surface area (Å²) in [6.45, 7) is 2.12. The summed E-state index contributed by atoms with van der Waals surface area (Å²) in [5.41, 5.74) is 1.34. The molecule has 1 fully saturated rings. The largest absolute Gasteiger partial charge is 0.359 e. The van der Waals surface area contributed by atoms with Crippen LogP contribution in [-0.2, 0) is 5.41 Å². The number of carbonyl (C=O) groups excluding carboxylic acids is 1. The number of urea groups is 1. The van der Waals surface area contributed by atoms with E-state index < -0.39 is 6.03 Å². The molecule has 4 rings (SSSR count). The van der Waals surface area contributed by atoms with Gasteiger partial charge < -0.3 is 9.84 Å². The van der Waals surface area contributed by atoms with Crippen LogP contribution in [0.15, 0.2) is 39.7 Å². The second kappa shape index (κ2) is 5.09. The average Bonchev–Trinajstić information content (AvgIpc) is 2.96. The molecular weight excluding hydrogens is 362 g/mol. The Labute approximate surface area is 140 Å². The molecule has 2 N–H and O–H groups in total. The molecule has 118 valence electrons. The molecule has 0 unspecified atom stereocenters. The molecule has 2 amide bonds. The number of halogens is 1. The second-order valence-corrected chi connectivity index (χ2v) is 6.72. The highest BCUT2D eigenvalue weighted by atomic mass is 79.9. The van der Waals surface area contributed by atoms with Gasteiger partial charge in [-0.05, 0) is 40.9 Å². The number of nitrogens with zero attached hydrogens (tertiary/aromatic N) is 3. The van der Waals surface area contributed by atoms with E-state index in [0.29, 0.717) is 17.2 Å². The van der Waals surface area contributed by atoms with Gasteiger partial charge in [-0.15, -0.1) is 0 Å². The third kappa shape index (κ3) is 2.59. The fraction of sp³-hybridized carbons (Fsp3) is 0.267. The van der Waals surface area contributed by atoms with Gasteiger partial charge in [-0.3, -0.25) is 9.72 Å². The zero-order valence-corrected chi connectivity index (χ0v) is 13.9. The van der Waals surface area contributed by atoms with Crippen molar-refractivity contribution >= 4 is 39.1 Å². The summed E-state index contributed by atoms with van der Waals surface area (Å²) in [5, 5.41) is 9.35. The molecule has 1 saturated carbocycles. The number of amides is 2. The molecule has 1 aliphatic rings. The monoisotopic (exact) mass is 375 g/mol. The van der Waals surface area contributed by atoms with E-state index in [1.165, 1.54) is 0 Å². The maximum absolute atomic E-state index is 12.2. The standard InChI is InChI=1S/C15H14BrN5O2/c1-15(4-5-15)10-8-12(20-23-10)19-14(22)18-9-2-3-11(16)21-7-6-17-13(9)21/h2-3,6-8H,4-5H2,1H3,(H2,18,19,20,22). The first-order chi connectivity index (χ1) is 11.0. The van der Waals surface area contributed by atoms with Gasteiger partial charge in [0.1, 0.15) is 5.76 Å². The Morgan fingerprint density at radius 2 is 2.22 bits per heavy atom. The first-order valence-corrected chi connectivity index (χ1v) is 8.01. The van der Waals surface area contributed by atoms with E-state index in [2.05, 4.69) is 43.6 Å². The van der Waals surface area contributed by atoms with Gasteiger partial charge >= 0.3 is 6.03 Å². The van der Waals surface area contributed by atoms with Gasteiger partial charge in [0, 0.05) is 23.9 Å². The normalized spacial score (nSPS) is 15.6. The van der Waals surface area contributed by atoms with Gasteiger partial charge in [0.25, 0.3) is 0 Å². The van der Waals surface area contributed by atoms with Crippen molar-refractivity contribution in [3.63, 3.8) is 0 Å². The molecule has 0 radical (unpaired) electrons. The first-order valence-electron chi connectivity index (χ1n) is 7.22. The number of imidazole rings is 1. The third-order valence-corrected chi connectivity index (χ3v) is 4.74. The van der Waals surface area contributed by atoms with E-state index in [9.17, 15) is 4.79 Å². The van der Waals surface area contributed by atoms with Gasteiger partial charge in [0.2, 0.25) is 0 Å². The lowest BCUT2D eigenvalue weighted by atomic mass is 10.1. The van der Waals surface area contributed by atoms with Crippen LogP contribution >= 0.6 is 15.9 Å². The Kier molecular flexibility index (Phi) is 3.15. The number of carbonyl (C=O) groups is 1. The minimum atomic E-state index is -0.391. The Balaban J connectivity index is 1.50. The summed E-state index contributed by atoms with van der Waals surface area (Å²) in [6.07, 6.45) is 5.65. The van der Waals surface area contributed by atoms with Gasteiger partial charge in [0.05, 0.1) is 10.3 Å². The van der Waals surface area contributed by atoms with E-state index >= 15 is 0 Å². The lowest BCUT2D eigenvalue weighted by Crippen LogP contribution is -2.20. The van der Waals surface area contributed by atoms with Crippen LogP contribution in [0.4, 0.5) is 16.3 Å². The quantitative estimate of drug-likeness (QED) is 0.682. The molecule has 0 atom stereocenters. The molecule has 3 aromatic heterocycles. The van der Waals surface area contributed by atoms with Gasteiger partial charge in [0.15, 0.2) is 11.5 Å². The lowest BCUT2D eigenvalue weighted by molar-refractivity contribution is 0.262. The second-order valence-electron chi connectivity index (χ2n) is 5.91. The van der Waals surface area contributed by atoms with Crippen LogP contribution < -0.4 is 10.6 Å². The molecule has 0 saturated heterocycles. The zero-order valence-electron chi connectivity index (χ0n) is 12.3. The number of anilines is 2. The van der Waals surface area contributed by atoms with Crippen molar-refractivity contribution in [1.29, 1.82) is 0 Å². The van der Waals surface area contributed by atoms with Crippen LogP contribution in [-0.4, -0.2) is 20.6 Å². The topological polar surface area (TPSA) is 84.5 Å². The molecule has 3 heterocycles. The number of nitrogens with one attached hydrogen (secondary N) is 2. The third-order valence-electron chi connectivity index (χ3n) is 4.09. The summed E-state index contributed by atoms with van der Waals surface area (Å²) in [4.78, 5) is 16.4. The highest BCUT2D eigenvalue weighted by molar-refractivity contribution is 9.10. The molecule has 1 aliphatic carbocycles. The zero-order chi connectivity index (χ0) is 16.0. The van der Waals surface area contributed by atoms with E-state index in [4.69, 9.17) is 4.52 Å². The van der Waals surface area contributed by atoms with Crippen LogP contribution in [0.3, 0.4) is 0 Å². The molecule has 0 aromatic carbocycles. The van der Waals surface area contributed by atoms with Crippen LogP contribution in [0.5, 0.6) is 0 Å². The van der Waals surface area contributed by atoms with Gasteiger partial charge in [-0.2, -0.15) is 0 Å². The van der Waals surface area contributed by atoms with Crippen LogP contribution in [0.2, 0.25) is 0 Å². The minimum Gasteiger partial charge on any atom is -0.359 e. The number of aromatic nitrogens is 3. The van der Waals surface area contributed by atoms with Gasteiger partial charge in [-0.25, -0.2) is 9.78 Å². The number of fused-ring (bicyclic) bond motifs is 1. The molecule has 0 bridgehead atoms. The van der Waals surface area contributed by atoms with Gasteiger partial charge in [-0.1, -0.05) is 12.1 Å². The number of hydrogen-bond donors (Lipinski definition) is 2. The summed E-state index contributed by atoms with van der Waals surface area (Å²) >= 11 is 3.43. The minimum absolute atomic E-state index is 0.0805. The van der Waals surface area contributed by atoms with Crippen molar-refractivity contribution in [1.82, 2.24) is 14.5 Å². The maximum atomic E-state index is 12.2.